The van der Waals surface area contributed by atoms with E-state index < -0.39 is 0 Å². The van der Waals surface area contributed by atoms with E-state index in [9.17, 15) is 4.39 Å². The smallest absolute Gasteiger partial charge is 0.123 e. The highest BCUT2D eigenvalue weighted by Crippen LogP contribution is 2.26. The van der Waals surface area contributed by atoms with Crippen LogP contribution in [0.3, 0.4) is 0 Å². The number of halogens is 2. The standard InChI is InChI=1S/C14H14BrFN2S/c15-11-4-2-6-13(8-11)19-9-14(18-17)10-3-1-5-12(16)7-10/h1-8,14,18H,9,17H2. The molecule has 2 rings (SSSR count). The lowest BCUT2D eigenvalue weighted by molar-refractivity contribution is 0.591. The molecule has 0 aromatic heterocycles. The minimum Gasteiger partial charge on any atom is -0.271 e. The summed E-state index contributed by atoms with van der Waals surface area (Å²) in [6.45, 7) is 0. The van der Waals surface area contributed by atoms with E-state index in [1.54, 1.807) is 17.8 Å². The van der Waals surface area contributed by atoms with Gasteiger partial charge in [-0.3, -0.25) is 11.3 Å². The molecule has 0 aliphatic carbocycles. The summed E-state index contributed by atoms with van der Waals surface area (Å²) in [7, 11) is 0. The van der Waals surface area contributed by atoms with Crippen molar-refractivity contribution >= 4 is 27.7 Å². The van der Waals surface area contributed by atoms with Crippen molar-refractivity contribution < 1.29 is 4.39 Å². The number of rotatable bonds is 5. The highest BCUT2D eigenvalue weighted by Gasteiger charge is 2.11. The number of hydrogen-bond acceptors (Lipinski definition) is 3. The van der Waals surface area contributed by atoms with Gasteiger partial charge in [-0.1, -0.05) is 34.1 Å². The van der Waals surface area contributed by atoms with Crippen molar-refractivity contribution in [3.63, 3.8) is 0 Å². The molecule has 3 N–H and O–H groups in total. The van der Waals surface area contributed by atoms with Crippen molar-refractivity contribution in [3.05, 3.63) is 64.4 Å². The Morgan fingerprint density at radius 1 is 1.21 bits per heavy atom. The van der Waals surface area contributed by atoms with Crippen LogP contribution in [0.15, 0.2) is 57.9 Å². The Kier molecular flexibility index (Phi) is 5.39. The third kappa shape index (κ3) is 4.31. The number of hydrogen-bond donors (Lipinski definition) is 2. The first-order chi connectivity index (χ1) is 9.19. The largest absolute Gasteiger partial charge is 0.271 e. The normalized spacial score (nSPS) is 12.4. The number of nitrogens with one attached hydrogen (secondary N) is 1. The van der Waals surface area contributed by atoms with Crippen molar-refractivity contribution in [3.8, 4) is 0 Å². The summed E-state index contributed by atoms with van der Waals surface area (Å²) in [5, 5.41) is 0. The van der Waals surface area contributed by atoms with Gasteiger partial charge in [-0.15, -0.1) is 11.8 Å². The van der Waals surface area contributed by atoms with Crippen molar-refractivity contribution in [2.75, 3.05) is 5.75 Å². The monoisotopic (exact) mass is 340 g/mol. The van der Waals surface area contributed by atoms with Crippen LogP contribution in [0.5, 0.6) is 0 Å². The first-order valence-electron chi connectivity index (χ1n) is 5.79. The lowest BCUT2D eigenvalue weighted by Gasteiger charge is -2.16. The number of benzene rings is 2. The fraction of sp³-hybridized carbons (Fsp3) is 0.143. The molecule has 0 spiro atoms. The summed E-state index contributed by atoms with van der Waals surface area (Å²) in [4.78, 5) is 1.14. The molecule has 5 heteroatoms. The predicted molar refractivity (Wildman–Crippen MR) is 81.3 cm³/mol. The molecule has 19 heavy (non-hydrogen) atoms. The SMILES string of the molecule is NNC(CSc1cccc(Br)c1)c1cccc(F)c1. The second-order valence-corrected chi connectivity index (χ2v) is 6.05. The fourth-order valence-corrected chi connectivity index (χ4v) is 3.28. The van der Waals surface area contributed by atoms with Gasteiger partial charge in [-0.2, -0.15) is 0 Å². The van der Waals surface area contributed by atoms with E-state index in [2.05, 4.69) is 21.4 Å². The van der Waals surface area contributed by atoms with Gasteiger partial charge >= 0.3 is 0 Å². The molecule has 0 aliphatic heterocycles. The maximum atomic E-state index is 13.2. The van der Waals surface area contributed by atoms with Gasteiger partial charge in [-0.25, -0.2) is 4.39 Å². The average molecular weight is 341 g/mol. The first-order valence-corrected chi connectivity index (χ1v) is 7.57. The minimum absolute atomic E-state index is 0.0836. The minimum atomic E-state index is -0.245. The van der Waals surface area contributed by atoms with Gasteiger partial charge in [0.25, 0.3) is 0 Å². The molecule has 2 aromatic rings. The lowest BCUT2D eigenvalue weighted by atomic mass is 10.1. The van der Waals surface area contributed by atoms with Gasteiger partial charge in [0.05, 0.1) is 6.04 Å². The first kappa shape index (κ1) is 14.5. The van der Waals surface area contributed by atoms with E-state index in [4.69, 9.17) is 5.84 Å². The van der Waals surface area contributed by atoms with Crippen molar-refractivity contribution in [2.24, 2.45) is 5.84 Å². The average Bonchev–Trinajstić information content (AvgIpc) is 2.40. The Bertz CT molecular complexity index is 550. The van der Waals surface area contributed by atoms with Gasteiger partial charge in [0.2, 0.25) is 0 Å². The van der Waals surface area contributed by atoms with E-state index in [1.165, 1.54) is 12.1 Å². The molecule has 1 unspecified atom stereocenters. The molecule has 0 amide bonds. The Labute approximate surface area is 124 Å². The van der Waals surface area contributed by atoms with E-state index in [0.29, 0.717) is 0 Å². The molecule has 2 nitrogen and oxygen atoms in total. The summed E-state index contributed by atoms with van der Waals surface area (Å²) in [5.41, 5.74) is 3.58. The van der Waals surface area contributed by atoms with Crippen LogP contribution < -0.4 is 11.3 Å². The number of thioether (sulfide) groups is 1. The van der Waals surface area contributed by atoms with Crippen molar-refractivity contribution in [2.45, 2.75) is 10.9 Å². The lowest BCUT2D eigenvalue weighted by Crippen LogP contribution is -2.29. The molecule has 0 fully saturated rings. The summed E-state index contributed by atoms with van der Waals surface area (Å²) in [5.74, 6) is 6.04. The summed E-state index contributed by atoms with van der Waals surface area (Å²) >= 11 is 5.11. The van der Waals surface area contributed by atoms with E-state index in [-0.39, 0.29) is 11.9 Å². The summed E-state index contributed by atoms with van der Waals surface area (Å²) < 4.78 is 14.2. The predicted octanol–water partition coefficient (Wildman–Crippen LogP) is 3.88. The molecule has 0 heterocycles. The van der Waals surface area contributed by atoms with E-state index in [1.807, 2.05) is 30.3 Å². The maximum absolute atomic E-state index is 13.2. The molecule has 0 saturated heterocycles. The van der Waals surface area contributed by atoms with Crippen LogP contribution in [0.25, 0.3) is 0 Å². The van der Waals surface area contributed by atoms with Gasteiger partial charge < -0.3 is 0 Å². The quantitative estimate of drug-likeness (QED) is 0.492. The second kappa shape index (κ2) is 7.05. The summed E-state index contributed by atoms with van der Waals surface area (Å²) in [6, 6.07) is 14.5. The van der Waals surface area contributed by atoms with Crippen LogP contribution in [0.2, 0.25) is 0 Å². The molecule has 0 aliphatic rings. The van der Waals surface area contributed by atoms with Gasteiger partial charge in [-0.05, 0) is 35.9 Å². The highest BCUT2D eigenvalue weighted by molar-refractivity contribution is 9.10. The Balaban J connectivity index is 2.04. The molecule has 0 radical (unpaired) electrons. The van der Waals surface area contributed by atoms with E-state index >= 15 is 0 Å². The molecular weight excluding hydrogens is 327 g/mol. The molecule has 0 saturated carbocycles. The number of nitrogens with two attached hydrogens (primary N) is 1. The third-order valence-corrected chi connectivity index (χ3v) is 4.25. The van der Waals surface area contributed by atoms with Crippen LogP contribution in [0, 0.1) is 5.82 Å². The van der Waals surface area contributed by atoms with Crippen molar-refractivity contribution in [1.82, 2.24) is 5.43 Å². The zero-order valence-electron chi connectivity index (χ0n) is 10.1. The van der Waals surface area contributed by atoms with Crippen LogP contribution in [-0.2, 0) is 0 Å². The maximum Gasteiger partial charge on any atom is 0.123 e. The van der Waals surface area contributed by atoms with Gasteiger partial charge in [0.1, 0.15) is 5.82 Å². The van der Waals surface area contributed by atoms with Crippen LogP contribution in [0.4, 0.5) is 4.39 Å². The molecule has 1 atom stereocenters. The molecular formula is C14H14BrFN2S. The van der Waals surface area contributed by atoms with Gasteiger partial charge in [0.15, 0.2) is 0 Å². The molecule has 0 bridgehead atoms. The molecule has 2 aromatic carbocycles. The van der Waals surface area contributed by atoms with E-state index in [0.717, 1.165) is 20.7 Å². The van der Waals surface area contributed by atoms with Crippen molar-refractivity contribution in [1.29, 1.82) is 0 Å². The summed E-state index contributed by atoms with van der Waals surface area (Å²) in [6.07, 6.45) is 0. The zero-order chi connectivity index (χ0) is 13.7. The Hall–Kier alpha value is -0.880. The Morgan fingerprint density at radius 3 is 2.68 bits per heavy atom. The fourth-order valence-electron chi connectivity index (χ4n) is 1.70. The topological polar surface area (TPSA) is 38.0 Å². The number of hydrazine groups is 1. The Morgan fingerprint density at radius 2 is 2.00 bits per heavy atom. The van der Waals surface area contributed by atoms with Crippen LogP contribution in [0.1, 0.15) is 11.6 Å². The third-order valence-electron chi connectivity index (χ3n) is 2.66. The zero-order valence-corrected chi connectivity index (χ0v) is 12.5. The molecule has 100 valence electrons. The van der Waals surface area contributed by atoms with Crippen LogP contribution >= 0.6 is 27.7 Å². The van der Waals surface area contributed by atoms with Crippen LogP contribution in [-0.4, -0.2) is 5.75 Å². The second-order valence-electron chi connectivity index (χ2n) is 4.04. The highest BCUT2D eigenvalue weighted by atomic mass is 79.9. The van der Waals surface area contributed by atoms with Gasteiger partial charge in [0, 0.05) is 15.1 Å².